The molecule has 0 spiro atoms. The van der Waals surface area contributed by atoms with Crippen molar-refractivity contribution in [2.24, 2.45) is 0 Å². The Labute approximate surface area is 123 Å². The van der Waals surface area contributed by atoms with Crippen LogP contribution in [0.5, 0.6) is 0 Å². The number of halogens is 4. The van der Waals surface area contributed by atoms with Gasteiger partial charge in [-0.25, -0.2) is 0 Å². The predicted molar refractivity (Wildman–Crippen MR) is 76.9 cm³/mol. The summed E-state index contributed by atoms with van der Waals surface area (Å²) in [5, 5.41) is 0.538. The highest BCUT2D eigenvalue weighted by molar-refractivity contribution is 7.98. The molecule has 0 saturated carbocycles. The molecular weight excluding hydrogens is 307 g/mol. The normalized spacial score (nSPS) is 11.6. The number of anilines is 1. The number of rotatable bonds is 3. The average Bonchev–Trinajstić information content (AvgIpc) is 2.39. The SMILES string of the molecule is Nc1ccc(Cl)c(SCc2cccc(C(F)(F)F)c2)c1. The van der Waals surface area contributed by atoms with Gasteiger partial charge in [0.25, 0.3) is 0 Å². The van der Waals surface area contributed by atoms with E-state index in [0.29, 0.717) is 22.0 Å². The number of alkyl halides is 3. The summed E-state index contributed by atoms with van der Waals surface area (Å²) in [6.07, 6.45) is -4.32. The number of benzene rings is 2. The first-order valence-corrected chi connectivity index (χ1v) is 7.06. The van der Waals surface area contributed by atoms with E-state index in [4.69, 9.17) is 17.3 Å². The molecule has 2 N–H and O–H groups in total. The summed E-state index contributed by atoms with van der Waals surface area (Å²) >= 11 is 7.36. The Morgan fingerprint density at radius 3 is 2.55 bits per heavy atom. The lowest BCUT2D eigenvalue weighted by atomic mass is 10.1. The smallest absolute Gasteiger partial charge is 0.399 e. The van der Waals surface area contributed by atoms with Gasteiger partial charge >= 0.3 is 6.18 Å². The highest BCUT2D eigenvalue weighted by atomic mass is 35.5. The fraction of sp³-hybridized carbons (Fsp3) is 0.143. The second kappa shape index (κ2) is 5.97. The van der Waals surface area contributed by atoms with Gasteiger partial charge in [0.15, 0.2) is 0 Å². The van der Waals surface area contributed by atoms with Crippen molar-refractivity contribution in [1.82, 2.24) is 0 Å². The van der Waals surface area contributed by atoms with E-state index in [0.717, 1.165) is 17.0 Å². The summed E-state index contributed by atoms with van der Waals surface area (Å²) in [6, 6.07) is 10.3. The van der Waals surface area contributed by atoms with Gasteiger partial charge in [-0.3, -0.25) is 0 Å². The molecule has 0 aliphatic heterocycles. The molecule has 0 aliphatic rings. The van der Waals surface area contributed by atoms with E-state index in [-0.39, 0.29) is 0 Å². The molecule has 0 atom stereocenters. The molecule has 0 heterocycles. The van der Waals surface area contributed by atoms with Gasteiger partial charge in [-0.1, -0.05) is 29.8 Å². The third-order valence-electron chi connectivity index (χ3n) is 2.60. The Kier molecular flexibility index (Phi) is 4.50. The third kappa shape index (κ3) is 3.84. The summed E-state index contributed by atoms with van der Waals surface area (Å²) in [5.41, 5.74) is 6.17. The van der Waals surface area contributed by atoms with Crippen LogP contribution in [0.2, 0.25) is 5.02 Å². The van der Waals surface area contributed by atoms with Gasteiger partial charge in [-0.05, 0) is 29.8 Å². The minimum atomic E-state index is -4.32. The van der Waals surface area contributed by atoms with Crippen LogP contribution in [-0.4, -0.2) is 0 Å². The standard InChI is InChI=1S/C14H11ClF3NS/c15-12-5-4-11(19)7-13(12)20-8-9-2-1-3-10(6-9)14(16,17)18/h1-7H,8,19H2. The number of thioether (sulfide) groups is 1. The van der Waals surface area contributed by atoms with Crippen molar-refractivity contribution >= 4 is 29.1 Å². The van der Waals surface area contributed by atoms with Crippen LogP contribution in [0.25, 0.3) is 0 Å². The molecule has 0 bridgehead atoms. The topological polar surface area (TPSA) is 26.0 Å². The van der Waals surface area contributed by atoms with Crippen molar-refractivity contribution in [2.45, 2.75) is 16.8 Å². The molecule has 20 heavy (non-hydrogen) atoms. The van der Waals surface area contributed by atoms with Crippen LogP contribution >= 0.6 is 23.4 Å². The predicted octanol–water partition coefficient (Wildman–Crippen LogP) is 5.23. The van der Waals surface area contributed by atoms with E-state index in [1.165, 1.54) is 17.8 Å². The van der Waals surface area contributed by atoms with Crippen molar-refractivity contribution in [1.29, 1.82) is 0 Å². The molecule has 0 amide bonds. The van der Waals surface area contributed by atoms with Gasteiger partial charge in [-0.15, -0.1) is 11.8 Å². The molecule has 0 unspecified atom stereocenters. The molecule has 0 aliphatic carbocycles. The maximum absolute atomic E-state index is 12.6. The van der Waals surface area contributed by atoms with Gasteiger partial charge in [0.2, 0.25) is 0 Å². The molecule has 0 aromatic heterocycles. The molecule has 0 saturated heterocycles. The molecule has 6 heteroatoms. The minimum Gasteiger partial charge on any atom is -0.399 e. The quantitative estimate of drug-likeness (QED) is 0.619. The number of nitrogens with two attached hydrogens (primary N) is 1. The summed E-state index contributed by atoms with van der Waals surface area (Å²) in [7, 11) is 0. The number of hydrogen-bond donors (Lipinski definition) is 1. The molecule has 106 valence electrons. The van der Waals surface area contributed by atoms with Gasteiger partial charge < -0.3 is 5.73 Å². The highest BCUT2D eigenvalue weighted by Gasteiger charge is 2.30. The lowest BCUT2D eigenvalue weighted by molar-refractivity contribution is -0.137. The second-order valence-corrected chi connectivity index (χ2v) is 5.60. The fourth-order valence-electron chi connectivity index (χ4n) is 1.63. The van der Waals surface area contributed by atoms with Crippen molar-refractivity contribution in [3.05, 3.63) is 58.6 Å². The Bertz CT molecular complexity index is 614. The van der Waals surface area contributed by atoms with Gasteiger partial charge in [0.1, 0.15) is 0 Å². The first kappa shape index (κ1) is 15.1. The van der Waals surface area contributed by atoms with E-state index in [1.54, 1.807) is 24.3 Å². The molecule has 2 rings (SSSR count). The lowest BCUT2D eigenvalue weighted by Gasteiger charge is -2.09. The second-order valence-electron chi connectivity index (χ2n) is 4.18. The average molecular weight is 318 g/mol. The monoisotopic (exact) mass is 317 g/mol. The number of hydrogen-bond acceptors (Lipinski definition) is 2. The molecule has 2 aromatic rings. The van der Waals surface area contributed by atoms with E-state index >= 15 is 0 Å². The van der Waals surface area contributed by atoms with Crippen LogP contribution in [-0.2, 0) is 11.9 Å². The van der Waals surface area contributed by atoms with Crippen LogP contribution in [0, 0.1) is 0 Å². The summed E-state index contributed by atoms with van der Waals surface area (Å²) in [6.45, 7) is 0. The molecule has 1 nitrogen and oxygen atoms in total. The molecule has 0 radical (unpaired) electrons. The molecular formula is C14H11ClF3NS. The Morgan fingerprint density at radius 1 is 1.10 bits per heavy atom. The minimum absolute atomic E-state index is 0.396. The van der Waals surface area contributed by atoms with Crippen molar-refractivity contribution in [3.63, 3.8) is 0 Å². The van der Waals surface area contributed by atoms with Crippen molar-refractivity contribution < 1.29 is 13.2 Å². The Balaban J connectivity index is 2.13. The Hall–Kier alpha value is -1.33. The maximum atomic E-state index is 12.6. The summed E-state index contributed by atoms with van der Waals surface area (Å²) in [4.78, 5) is 0.754. The zero-order valence-electron chi connectivity index (χ0n) is 10.2. The van der Waals surface area contributed by atoms with E-state index in [2.05, 4.69) is 0 Å². The molecule has 2 aromatic carbocycles. The van der Waals surface area contributed by atoms with Crippen LogP contribution in [0.1, 0.15) is 11.1 Å². The summed E-state index contributed by atoms with van der Waals surface area (Å²) in [5.74, 6) is 0.396. The first-order valence-electron chi connectivity index (χ1n) is 5.70. The largest absolute Gasteiger partial charge is 0.416 e. The van der Waals surface area contributed by atoms with E-state index in [1.807, 2.05) is 0 Å². The van der Waals surface area contributed by atoms with Crippen LogP contribution in [0.4, 0.5) is 18.9 Å². The molecule has 0 fully saturated rings. The van der Waals surface area contributed by atoms with Crippen molar-refractivity contribution in [2.75, 3.05) is 5.73 Å². The number of nitrogen functional groups attached to an aromatic ring is 1. The van der Waals surface area contributed by atoms with Crippen LogP contribution < -0.4 is 5.73 Å². The van der Waals surface area contributed by atoms with Crippen molar-refractivity contribution in [3.8, 4) is 0 Å². The summed E-state index contributed by atoms with van der Waals surface area (Å²) < 4.78 is 37.8. The lowest BCUT2D eigenvalue weighted by Crippen LogP contribution is -2.04. The van der Waals surface area contributed by atoms with Gasteiger partial charge in [-0.2, -0.15) is 13.2 Å². The zero-order valence-corrected chi connectivity index (χ0v) is 11.8. The van der Waals surface area contributed by atoms with Gasteiger partial charge in [0.05, 0.1) is 10.6 Å². The third-order valence-corrected chi connectivity index (χ3v) is 4.17. The fourth-order valence-corrected chi connectivity index (χ4v) is 2.84. The highest BCUT2D eigenvalue weighted by Crippen LogP contribution is 2.33. The Morgan fingerprint density at radius 2 is 1.85 bits per heavy atom. The van der Waals surface area contributed by atoms with Gasteiger partial charge in [0, 0.05) is 16.3 Å². The van der Waals surface area contributed by atoms with Crippen LogP contribution in [0.15, 0.2) is 47.4 Å². The zero-order chi connectivity index (χ0) is 14.8. The van der Waals surface area contributed by atoms with E-state index in [9.17, 15) is 13.2 Å². The first-order chi connectivity index (χ1) is 9.36. The van der Waals surface area contributed by atoms with E-state index < -0.39 is 11.7 Å². The maximum Gasteiger partial charge on any atom is 0.416 e. The van der Waals surface area contributed by atoms with Crippen LogP contribution in [0.3, 0.4) is 0 Å².